The van der Waals surface area contributed by atoms with Crippen molar-refractivity contribution in [1.82, 2.24) is 4.98 Å². The van der Waals surface area contributed by atoms with Crippen LogP contribution in [0.4, 0.5) is 0 Å². The molecular formula is C30H12N8. The van der Waals surface area contributed by atoms with Crippen LogP contribution in [0.25, 0.3) is 27.9 Å². The normalized spacial score (nSPS) is 12.9. The summed E-state index contributed by atoms with van der Waals surface area (Å²) in [5.74, 6) is 0. The molecule has 0 aliphatic heterocycles. The third kappa shape index (κ3) is 3.58. The van der Waals surface area contributed by atoms with Gasteiger partial charge in [-0.3, -0.25) is 9.98 Å². The highest BCUT2D eigenvalue weighted by Gasteiger charge is 2.37. The minimum absolute atomic E-state index is 0.113. The molecule has 4 rings (SSSR count). The lowest BCUT2D eigenvalue weighted by Gasteiger charge is -2.11. The van der Waals surface area contributed by atoms with Crippen LogP contribution in [0.2, 0.25) is 0 Å². The summed E-state index contributed by atoms with van der Waals surface area (Å²) in [5.41, 5.74) is 2.58. The van der Waals surface area contributed by atoms with Gasteiger partial charge in [-0.2, -0.15) is 31.6 Å². The smallest absolute Gasteiger partial charge is 0.138 e. The minimum Gasteiger partial charge on any atom is -0.257 e. The molecule has 1 aromatic carbocycles. The molecule has 172 valence electrons. The number of aromatic nitrogens is 1. The van der Waals surface area contributed by atoms with E-state index in [0.29, 0.717) is 33.5 Å². The lowest BCUT2D eigenvalue weighted by molar-refractivity contribution is 1.28. The van der Waals surface area contributed by atoms with Crippen molar-refractivity contribution in [3.63, 3.8) is 0 Å². The first-order valence-corrected chi connectivity index (χ1v) is 10.8. The molecule has 0 saturated heterocycles. The van der Waals surface area contributed by atoms with Crippen molar-refractivity contribution < 1.29 is 0 Å². The quantitative estimate of drug-likeness (QED) is 0.424. The van der Waals surface area contributed by atoms with E-state index in [1.165, 1.54) is 18.5 Å². The van der Waals surface area contributed by atoms with Crippen molar-refractivity contribution in [2.75, 3.05) is 0 Å². The number of nitrogens with zero attached hydrogens (tertiary/aromatic N) is 8. The number of nitriles is 6. The summed E-state index contributed by atoms with van der Waals surface area (Å²) < 4.78 is 0. The number of hydrogen-bond donors (Lipinski definition) is 0. The van der Waals surface area contributed by atoms with E-state index < -0.39 is 0 Å². The largest absolute Gasteiger partial charge is 0.257 e. The molecule has 38 heavy (non-hydrogen) atoms. The van der Waals surface area contributed by atoms with Crippen LogP contribution in [0.15, 0.2) is 83.2 Å². The fourth-order valence-electron chi connectivity index (χ4n) is 4.50. The fraction of sp³-hybridized carbons (Fsp3) is 0. The Balaban J connectivity index is 2.19. The molecule has 2 aliphatic rings. The molecule has 0 radical (unpaired) electrons. The monoisotopic (exact) mass is 484 g/mol. The number of fused-ring (bicyclic) bond motifs is 2. The summed E-state index contributed by atoms with van der Waals surface area (Å²) in [6, 6.07) is 20.1. The summed E-state index contributed by atoms with van der Waals surface area (Å²) in [7, 11) is 0. The average molecular weight is 484 g/mol. The maximum absolute atomic E-state index is 10.2. The summed E-state index contributed by atoms with van der Waals surface area (Å²) in [4.78, 5) is 8.51. The SMILES string of the molecule is C=CC=NC(=C)C1=C(C#N)c2cc3c(cc2C1=C(C#N)C#N)C(=C(C#N)C#N)C(c1ccccn1)=C3C#N. The number of hydrogen-bond acceptors (Lipinski definition) is 8. The van der Waals surface area contributed by atoms with Gasteiger partial charge in [0.05, 0.1) is 22.5 Å². The predicted octanol–water partition coefficient (Wildman–Crippen LogP) is 5.19. The van der Waals surface area contributed by atoms with E-state index >= 15 is 0 Å². The van der Waals surface area contributed by atoms with Gasteiger partial charge in [0.25, 0.3) is 0 Å². The van der Waals surface area contributed by atoms with Crippen LogP contribution in [0.1, 0.15) is 27.9 Å². The van der Waals surface area contributed by atoms with Crippen molar-refractivity contribution in [3.05, 3.63) is 106 Å². The first-order valence-electron chi connectivity index (χ1n) is 10.8. The Labute approximate surface area is 218 Å². The van der Waals surface area contributed by atoms with Crippen LogP contribution < -0.4 is 0 Å². The molecule has 0 fully saturated rings. The van der Waals surface area contributed by atoms with E-state index in [1.807, 2.05) is 24.3 Å². The molecule has 0 amide bonds. The molecule has 0 N–H and O–H groups in total. The van der Waals surface area contributed by atoms with Gasteiger partial charge in [-0.05, 0) is 35.4 Å². The molecule has 1 heterocycles. The number of rotatable bonds is 4. The lowest BCUT2D eigenvalue weighted by Crippen LogP contribution is -1.96. The van der Waals surface area contributed by atoms with Gasteiger partial charge < -0.3 is 0 Å². The zero-order valence-corrected chi connectivity index (χ0v) is 19.6. The molecule has 2 aromatic rings. The van der Waals surface area contributed by atoms with Crippen molar-refractivity contribution in [3.8, 4) is 36.4 Å². The van der Waals surface area contributed by atoms with Gasteiger partial charge >= 0.3 is 0 Å². The molecule has 8 nitrogen and oxygen atoms in total. The van der Waals surface area contributed by atoms with Gasteiger partial charge in [0.2, 0.25) is 0 Å². The van der Waals surface area contributed by atoms with Crippen LogP contribution >= 0.6 is 0 Å². The van der Waals surface area contributed by atoms with Crippen LogP contribution in [0.5, 0.6) is 0 Å². The molecular weight excluding hydrogens is 472 g/mol. The maximum Gasteiger partial charge on any atom is 0.138 e. The third-order valence-corrected chi connectivity index (χ3v) is 5.95. The van der Waals surface area contributed by atoms with E-state index in [4.69, 9.17) is 0 Å². The molecule has 0 atom stereocenters. The zero-order chi connectivity index (χ0) is 27.4. The number of allylic oxidation sites excluding steroid dienone is 8. The van der Waals surface area contributed by atoms with Gasteiger partial charge in [-0.1, -0.05) is 25.3 Å². The van der Waals surface area contributed by atoms with Gasteiger partial charge in [-0.15, -0.1) is 0 Å². The van der Waals surface area contributed by atoms with E-state index in [1.54, 1.807) is 30.3 Å². The molecule has 0 spiro atoms. The molecule has 0 bridgehead atoms. The first kappa shape index (κ1) is 24.5. The van der Waals surface area contributed by atoms with E-state index in [-0.39, 0.29) is 44.7 Å². The Morgan fingerprint density at radius 2 is 1.37 bits per heavy atom. The van der Waals surface area contributed by atoms with Gasteiger partial charge in [0, 0.05) is 45.8 Å². The second kappa shape index (κ2) is 9.96. The highest BCUT2D eigenvalue weighted by Crippen LogP contribution is 2.53. The molecule has 8 heteroatoms. The second-order valence-corrected chi connectivity index (χ2v) is 7.79. The minimum atomic E-state index is -0.274. The molecule has 1 aromatic heterocycles. The standard InChI is InChI=1S/C30H12N8/c1-3-7-37-17(2)27-24(15-35)20-9-21-23(10-22(20)28(27)18(11-31)12-32)29(19(13-33)14-34)30(25(21)16-36)26-6-4-5-8-38-26/h3-10H,1-2H2. The molecule has 0 unspecified atom stereocenters. The summed E-state index contributed by atoms with van der Waals surface area (Å²) in [6.07, 6.45) is 4.31. The Morgan fingerprint density at radius 3 is 1.92 bits per heavy atom. The maximum atomic E-state index is 10.2. The van der Waals surface area contributed by atoms with Crippen LogP contribution in [0, 0.1) is 68.0 Å². The van der Waals surface area contributed by atoms with E-state index in [2.05, 4.69) is 35.3 Å². The van der Waals surface area contributed by atoms with Crippen LogP contribution in [-0.2, 0) is 0 Å². The van der Waals surface area contributed by atoms with Crippen LogP contribution in [0.3, 0.4) is 0 Å². The molecule has 0 saturated carbocycles. The van der Waals surface area contributed by atoms with Crippen molar-refractivity contribution in [1.29, 1.82) is 31.6 Å². The Morgan fingerprint density at radius 1 is 0.789 bits per heavy atom. The summed E-state index contributed by atoms with van der Waals surface area (Å²) in [6.45, 7) is 7.49. The highest BCUT2D eigenvalue weighted by atomic mass is 14.7. The van der Waals surface area contributed by atoms with Crippen molar-refractivity contribution in [2.45, 2.75) is 0 Å². The summed E-state index contributed by atoms with van der Waals surface area (Å²) in [5, 5.41) is 59.4. The van der Waals surface area contributed by atoms with Gasteiger partial charge in [0.1, 0.15) is 47.6 Å². The Hall–Kier alpha value is -6.58. The van der Waals surface area contributed by atoms with Gasteiger partial charge in [0.15, 0.2) is 0 Å². The second-order valence-electron chi connectivity index (χ2n) is 7.79. The predicted molar refractivity (Wildman–Crippen MR) is 140 cm³/mol. The highest BCUT2D eigenvalue weighted by molar-refractivity contribution is 6.26. The van der Waals surface area contributed by atoms with E-state index in [0.717, 1.165) is 0 Å². The average Bonchev–Trinajstić information content (AvgIpc) is 3.44. The Kier molecular flexibility index (Phi) is 6.43. The van der Waals surface area contributed by atoms with Crippen LogP contribution in [-0.4, -0.2) is 11.2 Å². The summed E-state index contributed by atoms with van der Waals surface area (Å²) >= 11 is 0. The third-order valence-electron chi connectivity index (χ3n) is 5.95. The van der Waals surface area contributed by atoms with Gasteiger partial charge in [-0.25, -0.2) is 0 Å². The van der Waals surface area contributed by atoms with E-state index in [9.17, 15) is 31.6 Å². The van der Waals surface area contributed by atoms with Crippen molar-refractivity contribution >= 4 is 34.1 Å². The first-order chi connectivity index (χ1) is 18.5. The zero-order valence-electron chi connectivity index (χ0n) is 19.6. The lowest BCUT2D eigenvalue weighted by atomic mass is 9.90. The number of pyridine rings is 1. The Bertz CT molecular complexity index is 1850. The van der Waals surface area contributed by atoms with Crippen molar-refractivity contribution in [2.24, 2.45) is 4.99 Å². The number of benzene rings is 1. The fourth-order valence-corrected chi connectivity index (χ4v) is 4.50. The topological polar surface area (TPSA) is 168 Å². The molecule has 2 aliphatic carbocycles. The number of aliphatic imine (C=N–C) groups is 1.